The van der Waals surface area contributed by atoms with E-state index >= 15 is 0 Å². The van der Waals surface area contributed by atoms with Gasteiger partial charge < -0.3 is 9.47 Å². The lowest BCUT2D eigenvalue weighted by Gasteiger charge is -2.22. The minimum atomic E-state index is -0.509. The van der Waals surface area contributed by atoms with Gasteiger partial charge in [-0.1, -0.05) is 41.9 Å². The Morgan fingerprint density at radius 2 is 1.75 bits per heavy atom. The Labute approximate surface area is 171 Å². The molecule has 0 amide bonds. The largest absolute Gasteiger partial charge is 0.491 e. The van der Waals surface area contributed by atoms with E-state index in [0.29, 0.717) is 35.1 Å². The van der Waals surface area contributed by atoms with Gasteiger partial charge in [0.05, 0.1) is 12.1 Å². The van der Waals surface area contributed by atoms with Gasteiger partial charge in [0.2, 0.25) is 0 Å². The van der Waals surface area contributed by atoms with Gasteiger partial charge in [-0.05, 0) is 46.0 Å². The molecule has 0 radical (unpaired) electrons. The van der Waals surface area contributed by atoms with Crippen LogP contribution >= 0.6 is 11.6 Å². The number of hydrogen-bond donors (Lipinski definition) is 0. The second kappa shape index (κ2) is 9.71. The SMILES string of the molecule is CN(CCOc1ccc(Cl)cc1C(=O)c1ccccc1)CC(=O)OC(C)(C)C. The topological polar surface area (TPSA) is 55.8 Å². The zero-order valence-electron chi connectivity index (χ0n) is 16.7. The van der Waals surface area contributed by atoms with Crippen LogP contribution in [0.15, 0.2) is 48.5 Å². The molecule has 0 atom stereocenters. The van der Waals surface area contributed by atoms with Crippen molar-refractivity contribution in [3.63, 3.8) is 0 Å². The Morgan fingerprint density at radius 1 is 1.07 bits per heavy atom. The first-order valence-electron chi connectivity index (χ1n) is 9.08. The van der Waals surface area contributed by atoms with Crippen molar-refractivity contribution in [3.05, 3.63) is 64.7 Å². The quantitative estimate of drug-likeness (QED) is 0.487. The highest BCUT2D eigenvalue weighted by atomic mass is 35.5. The van der Waals surface area contributed by atoms with Crippen molar-refractivity contribution in [2.24, 2.45) is 0 Å². The molecule has 0 aliphatic heterocycles. The van der Waals surface area contributed by atoms with Crippen LogP contribution in [-0.2, 0) is 9.53 Å². The Bertz CT molecular complexity index is 815. The molecule has 0 aromatic heterocycles. The molecule has 150 valence electrons. The minimum Gasteiger partial charge on any atom is -0.491 e. The van der Waals surface area contributed by atoms with Crippen LogP contribution in [0.5, 0.6) is 5.75 Å². The van der Waals surface area contributed by atoms with Crippen molar-refractivity contribution in [1.29, 1.82) is 0 Å². The van der Waals surface area contributed by atoms with Crippen molar-refractivity contribution in [2.45, 2.75) is 26.4 Å². The summed E-state index contributed by atoms with van der Waals surface area (Å²) in [5.74, 6) is 0.0190. The van der Waals surface area contributed by atoms with Gasteiger partial charge in [0.25, 0.3) is 0 Å². The third kappa shape index (κ3) is 6.98. The molecule has 6 heteroatoms. The fourth-order valence-corrected chi connectivity index (χ4v) is 2.71. The standard InChI is InChI=1S/C22H26ClNO4/c1-22(2,3)28-20(25)15-24(4)12-13-27-19-11-10-17(23)14-18(19)21(26)16-8-6-5-7-9-16/h5-11,14H,12-13,15H2,1-4H3. The van der Waals surface area contributed by atoms with Gasteiger partial charge in [0.1, 0.15) is 18.0 Å². The fraction of sp³-hybridized carbons (Fsp3) is 0.364. The second-order valence-electron chi connectivity index (χ2n) is 7.51. The number of hydrogen-bond acceptors (Lipinski definition) is 5. The molecule has 0 spiro atoms. The summed E-state index contributed by atoms with van der Waals surface area (Å²) in [5, 5.41) is 0.466. The van der Waals surface area contributed by atoms with Crippen LogP contribution in [0.4, 0.5) is 0 Å². The van der Waals surface area contributed by atoms with E-state index in [9.17, 15) is 9.59 Å². The molecule has 0 saturated carbocycles. The van der Waals surface area contributed by atoms with Gasteiger partial charge in [0.15, 0.2) is 5.78 Å². The van der Waals surface area contributed by atoms with Gasteiger partial charge in [-0.15, -0.1) is 0 Å². The van der Waals surface area contributed by atoms with E-state index in [4.69, 9.17) is 21.1 Å². The summed E-state index contributed by atoms with van der Waals surface area (Å²) >= 11 is 6.08. The molecule has 0 heterocycles. The number of carbonyl (C=O) groups is 2. The first-order valence-corrected chi connectivity index (χ1v) is 9.46. The third-order valence-electron chi connectivity index (χ3n) is 3.77. The predicted molar refractivity (Wildman–Crippen MR) is 110 cm³/mol. The average Bonchev–Trinajstić information content (AvgIpc) is 2.61. The molecule has 0 fully saturated rings. The van der Waals surface area contributed by atoms with Gasteiger partial charge in [-0.3, -0.25) is 14.5 Å². The Kier molecular flexibility index (Phi) is 7.61. The van der Waals surface area contributed by atoms with Crippen molar-refractivity contribution in [3.8, 4) is 5.75 Å². The van der Waals surface area contributed by atoms with Crippen LogP contribution in [0.2, 0.25) is 5.02 Å². The molecular formula is C22H26ClNO4. The number of nitrogens with zero attached hydrogens (tertiary/aromatic N) is 1. The van der Waals surface area contributed by atoms with Crippen LogP contribution in [0, 0.1) is 0 Å². The van der Waals surface area contributed by atoms with E-state index in [1.54, 1.807) is 30.3 Å². The summed E-state index contributed by atoms with van der Waals surface area (Å²) in [6.45, 7) is 6.48. The summed E-state index contributed by atoms with van der Waals surface area (Å²) in [6.07, 6.45) is 0. The van der Waals surface area contributed by atoms with Crippen LogP contribution < -0.4 is 4.74 Å². The van der Waals surface area contributed by atoms with Crippen LogP contribution in [0.3, 0.4) is 0 Å². The highest BCUT2D eigenvalue weighted by Crippen LogP contribution is 2.25. The van der Waals surface area contributed by atoms with Crippen LogP contribution in [0.25, 0.3) is 0 Å². The number of carbonyl (C=O) groups excluding carboxylic acids is 2. The highest BCUT2D eigenvalue weighted by molar-refractivity contribution is 6.31. The molecule has 0 aliphatic carbocycles. The number of likely N-dealkylation sites (N-methyl/N-ethyl adjacent to an activating group) is 1. The molecule has 0 unspecified atom stereocenters. The number of halogens is 1. The van der Waals surface area contributed by atoms with Crippen molar-refractivity contribution >= 4 is 23.4 Å². The first kappa shape index (κ1) is 21.9. The smallest absolute Gasteiger partial charge is 0.320 e. The van der Waals surface area contributed by atoms with Gasteiger partial charge in [-0.2, -0.15) is 0 Å². The van der Waals surface area contributed by atoms with Crippen molar-refractivity contribution < 1.29 is 19.1 Å². The normalized spacial score (nSPS) is 11.4. The second-order valence-corrected chi connectivity index (χ2v) is 7.94. The van der Waals surface area contributed by atoms with Gasteiger partial charge >= 0.3 is 5.97 Å². The number of esters is 1. The zero-order chi connectivity index (χ0) is 20.7. The zero-order valence-corrected chi connectivity index (χ0v) is 17.5. The molecule has 0 bridgehead atoms. The summed E-state index contributed by atoms with van der Waals surface area (Å²) in [5.41, 5.74) is 0.468. The summed E-state index contributed by atoms with van der Waals surface area (Å²) in [4.78, 5) is 26.5. The van der Waals surface area contributed by atoms with E-state index in [1.807, 2.05) is 50.9 Å². The van der Waals surface area contributed by atoms with Crippen LogP contribution in [0.1, 0.15) is 36.7 Å². The molecule has 5 nitrogen and oxygen atoms in total. The van der Waals surface area contributed by atoms with Crippen LogP contribution in [-0.4, -0.2) is 49.0 Å². The lowest BCUT2D eigenvalue weighted by molar-refractivity contribution is -0.155. The molecule has 2 aromatic rings. The number of ketones is 1. The first-order chi connectivity index (χ1) is 13.2. The Morgan fingerprint density at radius 3 is 2.39 bits per heavy atom. The summed E-state index contributed by atoms with van der Waals surface area (Å²) in [7, 11) is 1.81. The minimum absolute atomic E-state index is 0.153. The maximum Gasteiger partial charge on any atom is 0.320 e. The lowest BCUT2D eigenvalue weighted by atomic mass is 10.0. The molecule has 0 saturated heterocycles. The number of benzene rings is 2. The maximum absolute atomic E-state index is 12.8. The summed E-state index contributed by atoms with van der Waals surface area (Å²) in [6, 6.07) is 14.0. The van der Waals surface area contributed by atoms with E-state index < -0.39 is 5.60 Å². The molecule has 2 rings (SSSR count). The maximum atomic E-state index is 12.8. The van der Waals surface area contributed by atoms with E-state index in [0.717, 1.165) is 0 Å². The molecule has 0 aliphatic rings. The van der Waals surface area contributed by atoms with Crippen molar-refractivity contribution in [1.82, 2.24) is 4.90 Å². The van der Waals surface area contributed by atoms with Crippen molar-refractivity contribution in [2.75, 3.05) is 26.7 Å². The summed E-state index contributed by atoms with van der Waals surface area (Å²) < 4.78 is 11.1. The predicted octanol–water partition coefficient (Wildman–Crippen LogP) is 4.22. The lowest BCUT2D eigenvalue weighted by Crippen LogP contribution is -2.34. The van der Waals surface area contributed by atoms with E-state index in [-0.39, 0.29) is 18.3 Å². The Hall–Kier alpha value is -2.37. The molecule has 2 aromatic carbocycles. The Balaban J connectivity index is 1.97. The number of ether oxygens (including phenoxy) is 2. The molecule has 0 N–H and O–H groups in total. The van der Waals surface area contributed by atoms with E-state index in [1.165, 1.54) is 0 Å². The monoisotopic (exact) mass is 403 g/mol. The third-order valence-corrected chi connectivity index (χ3v) is 4.01. The fourth-order valence-electron chi connectivity index (χ4n) is 2.54. The van der Waals surface area contributed by atoms with Gasteiger partial charge in [-0.25, -0.2) is 0 Å². The molecule has 28 heavy (non-hydrogen) atoms. The van der Waals surface area contributed by atoms with Gasteiger partial charge in [0, 0.05) is 17.1 Å². The average molecular weight is 404 g/mol. The van der Waals surface area contributed by atoms with E-state index in [2.05, 4.69) is 0 Å². The number of rotatable bonds is 8. The highest BCUT2D eigenvalue weighted by Gasteiger charge is 2.18. The molecular weight excluding hydrogens is 378 g/mol.